The molecule has 2 aliphatic heterocycles. The van der Waals surface area contributed by atoms with Crippen molar-refractivity contribution < 1.29 is 19.8 Å². The van der Waals surface area contributed by atoms with Crippen molar-refractivity contribution >= 4 is 12.0 Å². The lowest BCUT2D eigenvalue weighted by Crippen LogP contribution is -2.48. The van der Waals surface area contributed by atoms with E-state index in [1.807, 2.05) is 0 Å². The summed E-state index contributed by atoms with van der Waals surface area (Å²) < 4.78 is 0. The van der Waals surface area contributed by atoms with Gasteiger partial charge in [0.15, 0.2) is 0 Å². The van der Waals surface area contributed by atoms with E-state index in [0.29, 0.717) is 38.9 Å². The summed E-state index contributed by atoms with van der Waals surface area (Å²) in [5, 5.41) is 19.1. The third-order valence-corrected chi connectivity index (χ3v) is 4.12. The first-order chi connectivity index (χ1) is 8.91. The number of nitrogens with zero attached hydrogens (tertiary/aromatic N) is 2. The molecule has 2 atom stereocenters. The molecule has 0 radical (unpaired) electrons. The average Bonchev–Trinajstić information content (AvgIpc) is 2.74. The van der Waals surface area contributed by atoms with Gasteiger partial charge in [0, 0.05) is 19.6 Å². The molecule has 0 aliphatic carbocycles. The van der Waals surface area contributed by atoms with E-state index in [1.54, 1.807) is 11.8 Å². The fourth-order valence-corrected chi connectivity index (χ4v) is 2.89. The highest BCUT2D eigenvalue weighted by molar-refractivity contribution is 5.83. The number of likely N-dealkylation sites (tertiary alicyclic amines) is 2. The van der Waals surface area contributed by atoms with E-state index in [2.05, 4.69) is 0 Å². The smallest absolute Gasteiger partial charge is 0.326 e. The SMILES string of the molecule is CC1(O)CCCN(C(=O)N2CCC[C@@H]2C(=O)O)CC1. The molecule has 6 nitrogen and oxygen atoms in total. The second kappa shape index (κ2) is 5.36. The maximum atomic E-state index is 12.4. The van der Waals surface area contributed by atoms with Gasteiger partial charge in [-0.1, -0.05) is 0 Å². The van der Waals surface area contributed by atoms with Crippen LogP contribution in [0.5, 0.6) is 0 Å². The molecule has 0 aromatic rings. The van der Waals surface area contributed by atoms with Crippen molar-refractivity contribution in [2.24, 2.45) is 0 Å². The van der Waals surface area contributed by atoms with Crippen molar-refractivity contribution in [3.8, 4) is 0 Å². The van der Waals surface area contributed by atoms with Gasteiger partial charge in [-0.05, 0) is 39.0 Å². The van der Waals surface area contributed by atoms with E-state index in [4.69, 9.17) is 5.11 Å². The van der Waals surface area contributed by atoms with Crippen LogP contribution in [0.4, 0.5) is 4.79 Å². The first-order valence-corrected chi connectivity index (χ1v) is 6.91. The van der Waals surface area contributed by atoms with Crippen molar-refractivity contribution in [1.29, 1.82) is 0 Å². The van der Waals surface area contributed by atoms with Gasteiger partial charge < -0.3 is 20.0 Å². The molecule has 0 saturated carbocycles. The maximum Gasteiger partial charge on any atom is 0.326 e. The minimum Gasteiger partial charge on any atom is -0.480 e. The molecule has 0 spiro atoms. The van der Waals surface area contributed by atoms with Crippen molar-refractivity contribution in [3.05, 3.63) is 0 Å². The van der Waals surface area contributed by atoms with Crippen LogP contribution in [0.15, 0.2) is 0 Å². The number of amides is 2. The fraction of sp³-hybridized carbons (Fsp3) is 0.846. The highest BCUT2D eigenvalue weighted by Gasteiger charge is 2.37. The molecule has 19 heavy (non-hydrogen) atoms. The molecule has 6 heteroatoms. The number of carbonyl (C=O) groups excluding carboxylic acids is 1. The number of aliphatic hydroxyl groups is 1. The van der Waals surface area contributed by atoms with Crippen LogP contribution in [0.2, 0.25) is 0 Å². The monoisotopic (exact) mass is 270 g/mol. The molecule has 2 N–H and O–H groups in total. The standard InChI is InChI=1S/C13H22N2O4/c1-13(19)5-3-7-14(9-6-13)12(18)15-8-2-4-10(15)11(16)17/h10,19H,2-9H2,1H3,(H,16,17)/t10-,13?/m1/s1. The van der Waals surface area contributed by atoms with E-state index in [1.165, 1.54) is 4.90 Å². The Morgan fingerprint density at radius 1 is 1.16 bits per heavy atom. The minimum absolute atomic E-state index is 0.192. The molecular formula is C13H22N2O4. The number of carboxylic acids is 1. The molecule has 0 aromatic heterocycles. The van der Waals surface area contributed by atoms with Gasteiger partial charge >= 0.3 is 12.0 Å². The van der Waals surface area contributed by atoms with Crippen LogP contribution < -0.4 is 0 Å². The second-order valence-electron chi connectivity index (χ2n) is 5.81. The van der Waals surface area contributed by atoms with E-state index in [9.17, 15) is 14.7 Å². The lowest BCUT2D eigenvalue weighted by molar-refractivity contribution is -0.141. The van der Waals surface area contributed by atoms with Crippen molar-refractivity contribution in [3.63, 3.8) is 0 Å². The number of carboxylic acid groups (broad SMARTS) is 1. The van der Waals surface area contributed by atoms with Crippen LogP contribution in [0.25, 0.3) is 0 Å². The summed E-state index contributed by atoms with van der Waals surface area (Å²) in [6.07, 6.45) is 3.26. The van der Waals surface area contributed by atoms with Crippen molar-refractivity contribution in [1.82, 2.24) is 9.80 Å². The van der Waals surface area contributed by atoms with Gasteiger partial charge in [0.25, 0.3) is 0 Å². The van der Waals surface area contributed by atoms with E-state index in [0.717, 1.165) is 12.8 Å². The molecule has 2 fully saturated rings. The molecule has 1 unspecified atom stereocenters. The Bertz CT molecular complexity index is 370. The van der Waals surface area contributed by atoms with Crippen LogP contribution in [0, 0.1) is 0 Å². The van der Waals surface area contributed by atoms with E-state index < -0.39 is 17.6 Å². The van der Waals surface area contributed by atoms with Gasteiger partial charge in [-0.3, -0.25) is 0 Å². The molecule has 108 valence electrons. The summed E-state index contributed by atoms with van der Waals surface area (Å²) in [6, 6.07) is -0.876. The minimum atomic E-state index is -0.923. The topological polar surface area (TPSA) is 81.1 Å². The average molecular weight is 270 g/mol. The summed E-state index contributed by atoms with van der Waals surface area (Å²) in [4.78, 5) is 26.6. The molecule has 2 amide bonds. The molecular weight excluding hydrogens is 248 g/mol. The van der Waals surface area contributed by atoms with Gasteiger partial charge in [0.1, 0.15) is 6.04 Å². The van der Waals surface area contributed by atoms with Crippen molar-refractivity contribution in [2.75, 3.05) is 19.6 Å². The number of urea groups is 1. The molecule has 0 aromatic carbocycles. The number of hydrogen-bond acceptors (Lipinski definition) is 3. The van der Waals surface area contributed by atoms with E-state index >= 15 is 0 Å². The van der Waals surface area contributed by atoms with Crippen LogP contribution in [0.3, 0.4) is 0 Å². The Morgan fingerprint density at radius 3 is 2.58 bits per heavy atom. The predicted octanol–water partition coefficient (Wildman–Crippen LogP) is 0.892. The normalized spacial score (nSPS) is 32.2. The Balaban J connectivity index is 2.01. The van der Waals surface area contributed by atoms with E-state index in [-0.39, 0.29) is 6.03 Å². The molecule has 2 heterocycles. The third-order valence-electron chi connectivity index (χ3n) is 4.12. The van der Waals surface area contributed by atoms with Gasteiger partial charge in [-0.15, -0.1) is 0 Å². The zero-order valence-electron chi connectivity index (χ0n) is 11.3. The summed E-state index contributed by atoms with van der Waals surface area (Å²) in [7, 11) is 0. The van der Waals surface area contributed by atoms with Crippen molar-refractivity contribution in [2.45, 2.75) is 50.7 Å². The number of carbonyl (C=O) groups is 2. The first-order valence-electron chi connectivity index (χ1n) is 6.91. The second-order valence-corrected chi connectivity index (χ2v) is 5.81. The highest BCUT2D eigenvalue weighted by Crippen LogP contribution is 2.24. The predicted molar refractivity (Wildman–Crippen MR) is 68.8 cm³/mol. The number of rotatable bonds is 1. The summed E-state index contributed by atoms with van der Waals surface area (Å²) in [5.74, 6) is -0.923. The summed E-state index contributed by atoms with van der Waals surface area (Å²) in [5.41, 5.74) is -0.716. The number of hydrogen-bond donors (Lipinski definition) is 2. The van der Waals surface area contributed by atoms with Crippen LogP contribution >= 0.6 is 0 Å². The molecule has 0 bridgehead atoms. The lowest BCUT2D eigenvalue weighted by atomic mass is 9.98. The van der Waals surface area contributed by atoms with Gasteiger partial charge in [0.05, 0.1) is 5.60 Å². The lowest BCUT2D eigenvalue weighted by Gasteiger charge is -2.29. The Labute approximate surface area is 113 Å². The maximum absolute atomic E-state index is 12.4. The largest absolute Gasteiger partial charge is 0.480 e. The summed E-state index contributed by atoms with van der Waals surface area (Å²) in [6.45, 7) is 3.39. The quantitative estimate of drug-likeness (QED) is 0.741. The third kappa shape index (κ3) is 3.18. The molecule has 2 rings (SSSR count). The van der Waals surface area contributed by atoms with Gasteiger partial charge in [-0.25, -0.2) is 9.59 Å². The molecule has 2 saturated heterocycles. The Hall–Kier alpha value is -1.30. The zero-order valence-corrected chi connectivity index (χ0v) is 11.3. The van der Waals surface area contributed by atoms with Gasteiger partial charge in [0.2, 0.25) is 0 Å². The fourth-order valence-electron chi connectivity index (χ4n) is 2.89. The van der Waals surface area contributed by atoms with Crippen LogP contribution in [0.1, 0.15) is 39.0 Å². The first kappa shape index (κ1) is 14.1. The summed E-state index contributed by atoms with van der Waals surface area (Å²) >= 11 is 0. The van der Waals surface area contributed by atoms with Crippen LogP contribution in [-0.2, 0) is 4.79 Å². The molecule has 2 aliphatic rings. The Kier molecular flexibility index (Phi) is 3.99. The Morgan fingerprint density at radius 2 is 1.89 bits per heavy atom. The highest BCUT2D eigenvalue weighted by atomic mass is 16.4. The van der Waals surface area contributed by atoms with Gasteiger partial charge in [-0.2, -0.15) is 0 Å². The zero-order chi connectivity index (χ0) is 14.0. The number of aliphatic carboxylic acids is 1. The van der Waals surface area contributed by atoms with Crippen LogP contribution in [-0.4, -0.2) is 63.3 Å².